The molecule has 1 aromatic heterocycles. The van der Waals surface area contributed by atoms with Gasteiger partial charge in [-0.05, 0) is 31.4 Å². The minimum Gasteiger partial charge on any atom is -0.381 e. The molecular formula is C13H20N4O2. The van der Waals surface area contributed by atoms with Crippen LogP contribution in [0.25, 0.3) is 0 Å². The van der Waals surface area contributed by atoms with Crippen molar-refractivity contribution in [3.8, 4) is 0 Å². The van der Waals surface area contributed by atoms with E-state index in [2.05, 4.69) is 15.5 Å². The van der Waals surface area contributed by atoms with Gasteiger partial charge in [0.2, 0.25) is 0 Å². The highest BCUT2D eigenvalue weighted by Crippen LogP contribution is 2.23. The van der Waals surface area contributed by atoms with Gasteiger partial charge in [0.1, 0.15) is 5.82 Å². The fourth-order valence-corrected chi connectivity index (χ4v) is 2.25. The Morgan fingerprint density at radius 1 is 1.37 bits per heavy atom. The molecule has 0 aromatic carbocycles. The standard InChI is InChI=1S/C13H20N4O2/c1-17(2)13(18)11-6-7-12(16-15-11)14-9-4-5-10(8-9)19-3/h6-7,9-10H,4-5,8H2,1-3H3,(H,14,16). The summed E-state index contributed by atoms with van der Waals surface area (Å²) in [5.41, 5.74) is 0.358. The number of carbonyl (C=O) groups is 1. The van der Waals surface area contributed by atoms with Crippen molar-refractivity contribution in [2.24, 2.45) is 0 Å². The van der Waals surface area contributed by atoms with Crippen LogP contribution < -0.4 is 5.32 Å². The second-order valence-electron chi connectivity index (χ2n) is 5.02. The molecule has 0 saturated heterocycles. The summed E-state index contributed by atoms with van der Waals surface area (Å²) >= 11 is 0. The Bertz CT molecular complexity index is 433. The molecule has 1 heterocycles. The third-order valence-electron chi connectivity index (χ3n) is 3.36. The summed E-state index contributed by atoms with van der Waals surface area (Å²) in [4.78, 5) is 13.2. The van der Waals surface area contributed by atoms with Gasteiger partial charge in [0.15, 0.2) is 5.69 Å². The monoisotopic (exact) mass is 264 g/mol. The van der Waals surface area contributed by atoms with Gasteiger partial charge in [-0.15, -0.1) is 10.2 Å². The van der Waals surface area contributed by atoms with Crippen LogP contribution in [0.15, 0.2) is 12.1 Å². The van der Waals surface area contributed by atoms with Crippen LogP contribution in [0.3, 0.4) is 0 Å². The average Bonchev–Trinajstić information content (AvgIpc) is 2.86. The number of hydrogen-bond donors (Lipinski definition) is 1. The Labute approximate surface area is 113 Å². The highest BCUT2D eigenvalue weighted by molar-refractivity contribution is 5.91. The molecule has 1 aliphatic rings. The molecule has 1 fully saturated rings. The van der Waals surface area contributed by atoms with E-state index in [4.69, 9.17) is 4.74 Å². The molecular weight excluding hydrogens is 244 g/mol. The fraction of sp³-hybridized carbons (Fsp3) is 0.615. The zero-order chi connectivity index (χ0) is 13.8. The summed E-state index contributed by atoms with van der Waals surface area (Å²) in [6.07, 6.45) is 3.45. The first kappa shape index (κ1) is 13.7. The van der Waals surface area contributed by atoms with Crippen LogP contribution in [0, 0.1) is 0 Å². The molecule has 6 heteroatoms. The molecule has 19 heavy (non-hydrogen) atoms. The van der Waals surface area contributed by atoms with Gasteiger partial charge in [-0.2, -0.15) is 0 Å². The lowest BCUT2D eigenvalue weighted by molar-refractivity contribution is 0.0821. The van der Waals surface area contributed by atoms with Crippen LogP contribution in [0.1, 0.15) is 29.8 Å². The van der Waals surface area contributed by atoms with Gasteiger partial charge in [-0.3, -0.25) is 4.79 Å². The summed E-state index contributed by atoms with van der Waals surface area (Å²) < 4.78 is 5.33. The molecule has 1 saturated carbocycles. The Balaban J connectivity index is 1.94. The van der Waals surface area contributed by atoms with Gasteiger partial charge < -0.3 is 15.0 Å². The van der Waals surface area contributed by atoms with E-state index in [0.717, 1.165) is 19.3 Å². The maximum absolute atomic E-state index is 11.7. The van der Waals surface area contributed by atoms with Gasteiger partial charge in [0, 0.05) is 27.2 Å². The fourth-order valence-electron chi connectivity index (χ4n) is 2.25. The largest absolute Gasteiger partial charge is 0.381 e. The predicted octanol–water partition coefficient (Wildman–Crippen LogP) is 1.16. The average molecular weight is 264 g/mol. The summed E-state index contributed by atoms with van der Waals surface area (Å²) in [7, 11) is 5.13. The number of amides is 1. The second-order valence-corrected chi connectivity index (χ2v) is 5.02. The zero-order valence-electron chi connectivity index (χ0n) is 11.6. The Morgan fingerprint density at radius 2 is 2.16 bits per heavy atom. The molecule has 0 radical (unpaired) electrons. The Morgan fingerprint density at radius 3 is 2.68 bits per heavy atom. The first-order valence-corrected chi connectivity index (χ1v) is 6.45. The van der Waals surface area contributed by atoms with E-state index in [-0.39, 0.29) is 5.91 Å². The summed E-state index contributed by atoms with van der Waals surface area (Å²) in [5, 5.41) is 11.3. The molecule has 1 aromatic rings. The van der Waals surface area contributed by atoms with Crippen molar-refractivity contribution in [3.63, 3.8) is 0 Å². The molecule has 2 unspecified atom stereocenters. The molecule has 6 nitrogen and oxygen atoms in total. The maximum Gasteiger partial charge on any atom is 0.273 e. The number of aromatic nitrogens is 2. The van der Waals surface area contributed by atoms with E-state index in [1.807, 2.05) is 0 Å². The summed E-state index contributed by atoms with van der Waals surface area (Å²) in [6, 6.07) is 3.86. The highest BCUT2D eigenvalue weighted by atomic mass is 16.5. The number of anilines is 1. The van der Waals surface area contributed by atoms with E-state index in [1.165, 1.54) is 4.90 Å². The zero-order valence-corrected chi connectivity index (χ0v) is 11.6. The van der Waals surface area contributed by atoms with Gasteiger partial charge >= 0.3 is 0 Å². The van der Waals surface area contributed by atoms with Gasteiger partial charge in [-0.1, -0.05) is 0 Å². The number of rotatable bonds is 4. The van der Waals surface area contributed by atoms with Crippen molar-refractivity contribution in [2.45, 2.75) is 31.4 Å². The minimum atomic E-state index is -0.139. The number of ether oxygens (including phenoxy) is 1. The number of nitrogens with one attached hydrogen (secondary N) is 1. The van der Waals surface area contributed by atoms with Crippen LogP contribution in [0.5, 0.6) is 0 Å². The van der Waals surface area contributed by atoms with Crippen molar-refractivity contribution in [1.29, 1.82) is 0 Å². The van der Waals surface area contributed by atoms with Crippen LogP contribution in [-0.2, 0) is 4.74 Å². The number of hydrogen-bond acceptors (Lipinski definition) is 5. The Kier molecular flexibility index (Phi) is 4.31. The lowest BCUT2D eigenvalue weighted by Gasteiger charge is -2.13. The van der Waals surface area contributed by atoms with E-state index in [0.29, 0.717) is 23.7 Å². The quantitative estimate of drug-likeness (QED) is 0.884. The molecule has 104 valence electrons. The van der Waals surface area contributed by atoms with Crippen molar-refractivity contribution in [1.82, 2.24) is 15.1 Å². The lowest BCUT2D eigenvalue weighted by atomic mass is 10.2. The molecule has 1 aliphatic carbocycles. The van der Waals surface area contributed by atoms with Crippen LogP contribution in [0.4, 0.5) is 5.82 Å². The summed E-state index contributed by atoms with van der Waals surface area (Å²) in [6.45, 7) is 0. The van der Waals surface area contributed by atoms with Crippen molar-refractivity contribution < 1.29 is 9.53 Å². The third kappa shape index (κ3) is 3.41. The van der Waals surface area contributed by atoms with Crippen LogP contribution in [0.2, 0.25) is 0 Å². The van der Waals surface area contributed by atoms with E-state index < -0.39 is 0 Å². The smallest absolute Gasteiger partial charge is 0.273 e. The highest BCUT2D eigenvalue weighted by Gasteiger charge is 2.24. The lowest BCUT2D eigenvalue weighted by Crippen LogP contribution is -2.23. The predicted molar refractivity (Wildman–Crippen MR) is 72.1 cm³/mol. The second kappa shape index (κ2) is 5.97. The van der Waals surface area contributed by atoms with E-state index in [9.17, 15) is 4.79 Å². The topological polar surface area (TPSA) is 67.3 Å². The number of carbonyl (C=O) groups excluding carboxylic acids is 1. The number of nitrogens with zero attached hydrogens (tertiary/aromatic N) is 3. The van der Waals surface area contributed by atoms with Gasteiger partial charge in [0.05, 0.1) is 6.10 Å². The van der Waals surface area contributed by atoms with Crippen LogP contribution >= 0.6 is 0 Å². The minimum absolute atomic E-state index is 0.139. The van der Waals surface area contributed by atoms with Crippen molar-refractivity contribution in [2.75, 3.05) is 26.5 Å². The SMILES string of the molecule is COC1CCC(Nc2ccc(C(=O)N(C)C)nn2)C1. The van der Waals surface area contributed by atoms with Gasteiger partial charge in [0.25, 0.3) is 5.91 Å². The molecule has 1 N–H and O–H groups in total. The van der Waals surface area contributed by atoms with E-state index in [1.54, 1.807) is 33.3 Å². The molecule has 1 amide bonds. The maximum atomic E-state index is 11.7. The molecule has 0 spiro atoms. The summed E-state index contributed by atoms with van der Waals surface area (Å²) in [5.74, 6) is 0.566. The number of methoxy groups -OCH3 is 1. The van der Waals surface area contributed by atoms with Gasteiger partial charge in [-0.25, -0.2) is 0 Å². The van der Waals surface area contributed by atoms with Crippen molar-refractivity contribution >= 4 is 11.7 Å². The van der Waals surface area contributed by atoms with Crippen LogP contribution in [-0.4, -0.2) is 54.4 Å². The third-order valence-corrected chi connectivity index (χ3v) is 3.36. The first-order chi connectivity index (χ1) is 9.10. The van der Waals surface area contributed by atoms with Crippen molar-refractivity contribution in [3.05, 3.63) is 17.8 Å². The molecule has 2 atom stereocenters. The first-order valence-electron chi connectivity index (χ1n) is 6.45. The molecule has 0 aliphatic heterocycles. The Hall–Kier alpha value is -1.69. The van der Waals surface area contributed by atoms with E-state index >= 15 is 0 Å². The molecule has 2 rings (SSSR count). The normalized spacial score (nSPS) is 22.3. The molecule has 0 bridgehead atoms.